The lowest BCUT2D eigenvalue weighted by Crippen LogP contribution is -1.99. The monoisotopic (exact) mass is 280 g/mol. The third kappa shape index (κ3) is 3.03. The van der Waals surface area contributed by atoms with Crippen LogP contribution in [0.25, 0.3) is 5.82 Å². The topological polar surface area (TPSA) is 91.2 Å². The van der Waals surface area contributed by atoms with Crippen LogP contribution in [-0.2, 0) is 0 Å². The van der Waals surface area contributed by atoms with Crippen molar-refractivity contribution >= 4 is 6.21 Å². The molecule has 0 unspecified atom stereocenters. The van der Waals surface area contributed by atoms with Gasteiger partial charge >= 0.3 is 0 Å². The van der Waals surface area contributed by atoms with Gasteiger partial charge in [0, 0.05) is 18.5 Å². The summed E-state index contributed by atoms with van der Waals surface area (Å²) in [4.78, 5) is 8.22. The summed E-state index contributed by atoms with van der Waals surface area (Å²) in [5.74, 6) is 6.84. The van der Waals surface area contributed by atoms with Crippen molar-refractivity contribution in [1.29, 1.82) is 0 Å². The fourth-order valence-electron chi connectivity index (χ4n) is 1.74. The smallest absolute Gasteiger partial charge is 0.224 e. The molecule has 0 fully saturated rings. The molecule has 104 valence electrons. The van der Waals surface area contributed by atoms with E-state index in [-0.39, 0.29) is 0 Å². The summed E-state index contributed by atoms with van der Waals surface area (Å²) >= 11 is 0. The van der Waals surface area contributed by atoms with E-state index in [1.807, 2.05) is 30.3 Å². The van der Waals surface area contributed by atoms with Crippen molar-refractivity contribution in [3.63, 3.8) is 0 Å². The van der Waals surface area contributed by atoms with Gasteiger partial charge in [-0.3, -0.25) is 0 Å². The number of nitrogens with two attached hydrogens (primary N) is 1. The van der Waals surface area contributed by atoms with E-state index in [0.29, 0.717) is 17.4 Å². The van der Waals surface area contributed by atoms with Crippen LogP contribution in [0.2, 0.25) is 0 Å². The second-order valence-electron chi connectivity index (χ2n) is 4.11. The second-order valence-corrected chi connectivity index (χ2v) is 4.11. The highest BCUT2D eigenvalue weighted by Gasteiger charge is 2.03. The minimum atomic E-state index is 0.441. The summed E-state index contributed by atoms with van der Waals surface area (Å²) in [5, 5.41) is 7.57. The first-order chi connectivity index (χ1) is 10.3. The largest absolute Gasteiger partial charge is 0.439 e. The maximum atomic E-state index is 5.68. The zero-order valence-electron chi connectivity index (χ0n) is 11.0. The molecule has 0 spiro atoms. The fourth-order valence-corrected chi connectivity index (χ4v) is 1.74. The minimum absolute atomic E-state index is 0.441. The molecule has 7 nitrogen and oxygen atoms in total. The van der Waals surface area contributed by atoms with Gasteiger partial charge in [0.15, 0.2) is 5.82 Å². The molecular formula is C14H12N6O. The van der Waals surface area contributed by atoms with Gasteiger partial charge in [-0.25, -0.2) is 14.6 Å². The lowest BCUT2D eigenvalue weighted by Gasteiger charge is -2.06. The maximum Gasteiger partial charge on any atom is 0.224 e. The first-order valence-corrected chi connectivity index (χ1v) is 6.18. The van der Waals surface area contributed by atoms with Crippen LogP contribution in [0, 0.1) is 0 Å². The number of benzene rings is 1. The molecule has 0 aliphatic heterocycles. The number of hydrazone groups is 1. The molecule has 0 radical (unpaired) electrons. The lowest BCUT2D eigenvalue weighted by molar-refractivity contribution is 0.460. The summed E-state index contributed by atoms with van der Waals surface area (Å²) in [6, 6.07) is 10.9. The van der Waals surface area contributed by atoms with Crippen LogP contribution in [0.5, 0.6) is 11.6 Å². The van der Waals surface area contributed by atoms with E-state index < -0.39 is 0 Å². The molecule has 0 aliphatic rings. The van der Waals surface area contributed by atoms with Gasteiger partial charge < -0.3 is 10.6 Å². The van der Waals surface area contributed by atoms with E-state index in [0.717, 1.165) is 5.56 Å². The molecular weight excluding hydrogens is 268 g/mol. The highest BCUT2D eigenvalue weighted by atomic mass is 16.5. The van der Waals surface area contributed by atoms with Gasteiger partial charge in [-0.1, -0.05) is 0 Å². The van der Waals surface area contributed by atoms with Gasteiger partial charge in [-0.2, -0.15) is 10.2 Å². The van der Waals surface area contributed by atoms with E-state index in [4.69, 9.17) is 10.6 Å². The Morgan fingerprint density at radius 1 is 1.19 bits per heavy atom. The molecule has 3 aromatic rings. The fraction of sp³-hybridized carbons (Fsp3) is 0. The molecule has 0 saturated carbocycles. The summed E-state index contributed by atoms with van der Waals surface area (Å²) in [5.41, 5.74) is 0.893. The van der Waals surface area contributed by atoms with E-state index in [1.165, 1.54) is 6.33 Å². The van der Waals surface area contributed by atoms with E-state index in [1.54, 1.807) is 29.4 Å². The van der Waals surface area contributed by atoms with Crippen LogP contribution in [0.4, 0.5) is 0 Å². The first kappa shape index (κ1) is 12.8. The van der Waals surface area contributed by atoms with Gasteiger partial charge in [-0.05, 0) is 35.9 Å². The third-order valence-electron chi connectivity index (χ3n) is 2.69. The van der Waals surface area contributed by atoms with Gasteiger partial charge in [0.2, 0.25) is 5.88 Å². The SMILES string of the molecule is NN=Cc1ccc(Oc2cc(-n3cccn3)ncn2)cc1. The van der Waals surface area contributed by atoms with Crippen LogP contribution in [0.1, 0.15) is 5.56 Å². The number of nitrogens with zero attached hydrogens (tertiary/aromatic N) is 5. The van der Waals surface area contributed by atoms with Crippen LogP contribution in [-0.4, -0.2) is 26.0 Å². The molecule has 0 atom stereocenters. The quantitative estimate of drug-likeness (QED) is 0.446. The molecule has 2 N–H and O–H groups in total. The van der Waals surface area contributed by atoms with Crippen molar-refractivity contribution in [1.82, 2.24) is 19.7 Å². The first-order valence-electron chi connectivity index (χ1n) is 6.18. The zero-order valence-corrected chi connectivity index (χ0v) is 11.0. The van der Waals surface area contributed by atoms with E-state index in [2.05, 4.69) is 20.2 Å². The van der Waals surface area contributed by atoms with E-state index >= 15 is 0 Å². The molecule has 1 aromatic carbocycles. The van der Waals surface area contributed by atoms with Crippen molar-refractivity contribution in [3.8, 4) is 17.4 Å². The number of ether oxygens (including phenoxy) is 1. The average molecular weight is 280 g/mol. The van der Waals surface area contributed by atoms with Crippen LogP contribution < -0.4 is 10.6 Å². The van der Waals surface area contributed by atoms with Crippen molar-refractivity contribution in [3.05, 3.63) is 60.7 Å². The number of hydrogen-bond donors (Lipinski definition) is 1. The Hall–Kier alpha value is -3.22. The highest BCUT2D eigenvalue weighted by Crippen LogP contribution is 2.20. The molecule has 0 amide bonds. The van der Waals surface area contributed by atoms with Crippen molar-refractivity contribution in [2.24, 2.45) is 10.9 Å². The van der Waals surface area contributed by atoms with Crippen LogP contribution in [0.3, 0.4) is 0 Å². The molecule has 3 rings (SSSR count). The maximum absolute atomic E-state index is 5.68. The summed E-state index contributed by atoms with van der Waals surface area (Å²) in [6.07, 6.45) is 6.47. The third-order valence-corrected chi connectivity index (χ3v) is 2.69. The standard InChI is InChI=1S/C14H12N6O/c15-18-9-11-2-4-12(5-3-11)21-14-8-13(16-10-17-14)20-7-1-6-19-20/h1-10H,15H2. The second kappa shape index (κ2) is 5.83. The minimum Gasteiger partial charge on any atom is -0.439 e. The van der Waals surface area contributed by atoms with E-state index in [9.17, 15) is 0 Å². The predicted molar refractivity (Wildman–Crippen MR) is 77.5 cm³/mol. The number of hydrogen-bond acceptors (Lipinski definition) is 6. The Morgan fingerprint density at radius 3 is 2.76 bits per heavy atom. The summed E-state index contributed by atoms with van der Waals surface area (Å²) in [6.45, 7) is 0. The molecule has 0 saturated heterocycles. The molecule has 0 aliphatic carbocycles. The Bertz CT molecular complexity index is 736. The molecule has 0 bridgehead atoms. The van der Waals surface area contributed by atoms with Crippen LogP contribution >= 0.6 is 0 Å². The summed E-state index contributed by atoms with van der Waals surface area (Å²) < 4.78 is 7.32. The Morgan fingerprint density at radius 2 is 2.05 bits per heavy atom. The van der Waals surface area contributed by atoms with Crippen LogP contribution in [0.15, 0.2) is 60.2 Å². The predicted octanol–water partition coefficient (Wildman–Crippen LogP) is 1.75. The number of aromatic nitrogens is 4. The summed E-state index contributed by atoms with van der Waals surface area (Å²) in [7, 11) is 0. The van der Waals surface area contributed by atoms with Crippen molar-refractivity contribution in [2.75, 3.05) is 0 Å². The molecule has 21 heavy (non-hydrogen) atoms. The molecule has 2 aromatic heterocycles. The van der Waals surface area contributed by atoms with Gasteiger partial charge in [0.05, 0.1) is 6.21 Å². The normalized spacial score (nSPS) is 10.9. The average Bonchev–Trinajstić information content (AvgIpc) is 3.04. The lowest BCUT2D eigenvalue weighted by atomic mass is 10.2. The Balaban J connectivity index is 1.80. The van der Waals surface area contributed by atoms with Gasteiger partial charge in [0.25, 0.3) is 0 Å². The van der Waals surface area contributed by atoms with Gasteiger partial charge in [0.1, 0.15) is 12.1 Å². The van der Waals surface area contributed by atoms with Gasteiger partial charge in [-0.15, -0.1) is 0 Å². The number of rotatable bonds is 4. The van der Waals surface area contributed by atoms with Crippen molar-refractivity contribution in [2.45, 2.75) is 0 Å². The molecule has 2 heterocycles. The Labute approximate surface area is 120 Å². The van der Waals surface area contributed by atoms with Crippen molar-refractivity contribution < 1.29 is 4.74 Å². The molecule has 7 heteroatoms. The Kier molecular flexibility index (Phi) is 3.55. The highest BCUT2D eigenvalue weighted by molar-refractivity contribution is 5.79. The zero-order chi connectivity index (χ0) is 14.5.